The van der Waals surface area contributed by atoms with Gasteiger partial charge in [0, 0.05) is 19.8 Å². The van der Waals surface area contributed by atoms with Gasteiger partial charge in [-0.05, 0) is 12.8 Å². The minimum atomic E-state index is -1.33. The van der Waals surface area contributed by atoms with Gasteiger partial charge in [-0.3, -0.25) is 0 Å². The number of rotatable bonds is 3. The van der Waals surface area contributed by atoms with Crippen LogP contribution in [0, 0.1) is 0 Å². The van der Waals surface area contributed by atoms with Crippen LogP contribution >= 0.6 is 0 Å². The Labute approximate surface area is 63.7 Å². The molecule has 1 rings (SSSR count). The van der Waals surface area contributed by atoms with Crippen LogP contribution in [0.5, 0.6) is 0 Å². The van der Waals surface area contributed by atoms with E-state index >= 15 is 0 Å². The number of hydrogen-bond donors (Lipinski definition) is 0. The maximum absolute atomic E-state index is 5.25. The van der Waals surface area contributed by atoms with E-state index in [9.17, 15) is 0 Å². The maximum Gasteiger partial charge on any atom is 0.328 e. The third kappa shape index (κ3) is 1.68. The fourth-order valence-electron chi connectivity index (χ4n) is 1.33. The van der Waals surface area contributed by atoms with Crippen molar-refractivity contribution in [2.24, 2.45) is 0 Å². The van der Waals surface area contributed by atoms with Crippen molar-refractivity contribution in [3.05, 3.63) is 12.2 Å². The van der Waals surface area contributed by atoms with Crippen LogP contribution in [0.15, 0.2) is 12.2 Å². The van der Waals surface area contributed by atoms with Gasteiger partial charge < -0.3 is 8.85 Å². The average molecular weight is 158 g/mol. The van der Waals surface area contributed by atoms with E-state index in [4.69, 9.17) is 8.85 Å². The van der Waals surface area contributed by atoms with Gasteiger partial charge in [0.25, 0.3) is 0 Å². The van der Waals surface area contributed by atoms with E-state index < -0.39 is 9.28 Å². The zero-order chi connectivity index (χ0) is 7.40. The monoisotopic (exact) mass is 158 g/mol. The van der Waals surface area contributed by atoms with Crippen molar-refractivity contribution in [1.29, 1.82) is 0 Å². The second-order valence-electron chi connectivity index (χ2n) is 2.51. The molecule has 0 spiro atoms. The summed E-state index contributed by atoms with van der Waals surface area (Å²) in [6, 6.07) is 0. The first-order valence-corrected chi connectivity index (χ1v) is 5.21. The molecule has 0 heterocycles. The Morgan fingerprint density at radius 2 is 2.10 bits per heavy atom. The lowest BCUT2D eigenvalue weighted by Gasteiger charge is -2.15. The van der Waals surface area contributed by atoms with Crippen molar-refractivity contribution in [2.75, 3.05) is 14.2 Å². The lowest BCUT2D eigenvalue weighted by molar-refractivity contribution is 0.270. The molecular formula is C7H14O2Si. The summed E-state index contributed by atoms with van der Waals surface area (Å²) in [5.41, 5.74) is 0.606. The molecule has 0 aliphatic heterocycles. The molecule has 2 nitrogen and oxygen atoms in total. The minimum Gasteiger partial charge on any atom is -0.400 e. The largest absolute Gasteiger partial charge is 0.400 e. The Hall–Kier alpha value is -0.123. The molecule has 0 aromatic rings. The van der Waals surface area contributed by atoms with Crippen LogP contribution in [0.3, 0.4) is 0 Å². The molecule has 3 heteroatoms. The molecule has 0 saturated carbocycles. The van der Waals surface area contributed by atoms with Crippen LogP contribution in [0.2, 0.25) is 5.54 Å². The lowest BCUT2D eigenvalue weighted by atomic mass is 10.4. The zero-order valence-electron chi connectivity index (χ0n) is 6.54. The smallest absolute Gasteiger partial charge is 0.328 e. The SMILES string of the molecule is CO[SiH](OC)C1C=CCC1. The van der Waals surface area contributed by atoms with Crippen LogP contribution < -0.4 is 0 Å². The van der Waals surface area contributed by atoms with E-state index in [1.165, 1.54) is 12.8 Å². The summed E-state index contributed by atoms with van der Waals surface area (Å²) >= 11 is 0. The van der Waals surface area contributed by atoms with Crippen LogP contribution in [-0.4, -0.2) is 23.5 Å². The summed E-state index contributed by atoms with van der Waals surface area (Å²) in [4.78, 5) is 0. The summed E-state index contributed by atoms with van der Waals surface area (Å²) in [5, 5.41) is 0. The second kappa shape index (κ2) is 3.90. The highest BCUT2D eigenvalue weighted by Gasteiger charge is 2.23. The third-order valence-corrected chi connectivity index (χ3v) is 4.05. The Kier molecular flexibility index (Phi) is 3.12. The van der Waals surface area contributed by atoms with Gasteiger partial charge in [0.1, 0.15) is 0 Å². The van der Waals surface area contributed by atoms with Crippen LogP contribution in [-0.2, 0) is 8.85 Å². The first kappa shape index (κ1) is 7.98. The van der Waals surface area contributed by atoms with E-state index in [2.05, 4.69) is 12.2 Å². The van der Waals surface area contributed by atoms with E-state index in [0.29, 0.717) is 5.54 Å². The summed E-state index contributed by atoms with van der Waals surface area (Å²) in [7, 11) is 2.15. The first-order valence-electron chi connectivity index (χ1n) is 3.60. The van der Waals surface area contributed by atoms with Gasteiger partial charge in [-0.15, -0.1) is 0 Å². The second-order valence-corrected chi connectivity index (χ2v) is 5.05. The Morgan fingerprint density at radius 3 is 2.50 bits per heavy atom. The molecule has 0 saturated heterocycles. The van der Waals surface area contributed by atoms with E-state index in [-0.39, 0.29) is 0 Å². The molecule has 0 bridgehead atoms. The molecule has 1 atom stereocenters. The van der Waals surface area contributed by atoms with Crippen LogP contribution in [0.4, 0.5) is 0 Å². The van der Waals surface area contributed by atoms with Crippen molar-refractivity contribution in [3.8, 4) is 0 Å². The first-order chi connectivity index (χ1) is 4.88. The van der Waals surface area contributed by atoms with Gasteiger partial charge in [0.05, 0.1) is 0 Å². The Morgan fingerprint density at radius 1 is 1.40 bits per heavy atom. The van der Waals surface area contributed by atoms with E-state index in [1.807, 2.05) is 0 Å². The predicted octanol–water partition coefficient (Wildman–Crippen LogP) is 1.22. The van der Waals surface area contributed by atoms with Crippen molar-refractivity contribution >= 4 is 9.28 Å². The van der Waals surface area contributed by atoms with Crippen LogP contribution in [0.1, 0.15) is 12.8 Å². The molecule has 0 amide bonds. The molecule has 0 N–H and O–H groups in total. The Bertz CT molecular complexity index is 121. The number of hydrogen-bond acceptors (Lipinski definition) is 2. The standard InChI is InChI=1S/C7H14O2Si/c1-8-10(9-2)7-5-3-4-6-7/h3,5,7,10H,4,6H2,1-2H3. The third-order valence-electron chi connectivity index (χ3n) is 1.86. The normalized spacial score (nSPS) is 24.5. The summed E-state index contributed by atoms with van der Waals surface area (Å²) in [6.45, 7) is 0. The highest BCUT2D eigenvalue weighted by molar-refractivity contribution is 6.47. The van der Waals surface area contributed by atoms with Gasteiger partial charge in [-0.1, -0.05) is 12.2 Å². The molecule has 10 heavy (non-hydrogen) atoms. The van der Waals surface area contributed by atoms with Crippen molar-refractivity contribution in [3.63, 3.8) is 0 Å². The maximum atomic E-state index is 5.25. The average Bonchev–Trinajstić information content (AvgIpc) is 2.43. The van der Waals surface area contributed by atoms with Gasteiger partial charge >= 0.3 is 9.28 Å². The van der Waals surface area contributed by atoms with Crippen molar-refractivity contribution in [2.45, 2.75) is 18.4 Å². The molecule has 1 unspecified atom stereocenters. The fraction of sp³-hybridized carbons (Fsp3) is 0.714. The summed E-state index contributed by atoms with van der Waals surface area (Å²) in [6.07, 6.45) is 6.85. The van der Waals surface area contributed by atoms with Crippen molar-refractivity contribution < 1.29 is 8.85 Å². The summed E-state index contributed by atoms with van der Waals surface area (Å²) < 4.78 is 10.5. The van der Waals surface area contributed by atoms with E-state index in [0.717, 1.165) is 0 Å². The zero-order valence-corrected chi connectivity index (χ0v) is 7.69. The molecule has 0 aromatic heterocycles. The molecule has 0 radical (unpaired) electrons. The fourth-order valence-corrected chi connectivity index (χ4v) is 3.02. The minimum absolute atomic E-state index is 0.606. The van der Waals surface area contributed by atoms with Gasteiger partial charge in [-0.25, -0.2) is 0 Å². The van der Waals surface area contributed by atoms with Crippen LogP contribution in [0.25, 0.3) is 0 Å². The molecule has 0 aromatic carbocycles. The molecular weight excluding hydrogens is 144 g/mol. The topological polar surface area (TPSA) is 18.5 Å². The van der Waals surface area contributed by atoms with Crippen molar-refractivity contribution in [1.82, 2.24) is 0 Å². The van der Waals surface area contributed by atoms with Gasteiger partial charge in [-0.2, -0.15) is 0 Å². The summed E-state index contributed by atoms with van der Waals surface area (Å²) in [5.74, 6) is 0. The highest BCUT2D eigenvalue weighted by Crippen LogP contribution is 2.26. The predicted molar refractivity (Wildman–Crippen MR) is 43.3 cm³/mol. The quantitative estimate of drug-likeness (QED) is 0.454. The highest BCUT2D eigenvalue weighted by atomic mass is 28.3. The molecule has 58 valence electrons. The lowest BCUT2D eigenvalue weighted by Crippen LogP contribution is -2.23. The van der Waals surface area contributed by atoms with Gasteiger partial charge in [0.15, 0.2) is 0 Å². The molecule has 0 fully saturated rings. The van der Waals surface area contributed by atoms with Gasteiger partial charge in [0.2, 0.25) is 0 Å². The molecule has 1 aliphatic rings. The molecule has 1 aliphatic carbocycles. The van der Waals surface area contributed by atoms with E-state index in [1.54, 1.807) is 14.2 Å². The number of allylic oxidation sites excluding steroid dienone is 2. The Balaban J connectivity index is 2.37.